The second-order valence-corrected chi connectivity index (χ2v) is 12.3. The van der Waals surface area contributed by atoms with Gasteiger partial charge in [-0.1, -0.05) is 77.0 Å². The highest BCUT2D eigenvalue weighted by Gasteiger charge is 2.35. The molecular weight excluding hydrogens is 623 g/mol. The number of aromatic nitrogens is 1. The summed E-state index contributed by atoms with van der Waals surface area (Å²) in [5.41, 5.74) is 2.66. The maximum atomic E-state index is 14.1. The molecule has 0 radical (unpaired) electrons. The summed E-state index contributed by atoms with van der Waals surface area (Å²) in [5.74, 6) is 0.465. The molecule has 10 heteroatoms. The molecule has 6 nitrogen and oxygen atoms in total. The Morgan fingerprint density at radius 1 is 1.07 bits per heavy atom. The van der Waals surface area contributed by atoms with Crippen molar-refractivity contribution in [3.05, 3.63) is 137 Å². The minimum atomic E-state index is -0.749. The van der Waals surface area contributed by atoms with Gasteiger partial charge in [0, 0.05) is 27.1 Å². The van der Waals surface area contributed by atoms with Gasteiger partial charge in [0.05, 0.1) is 33.5 Å². The Hall–Kier alpha value is -3.82. The largest absolute Gasteiger partial charge is 0.463 e. The average molecular weight is 648 g/mol. The molecule has 3 aromatic carbocycles. The Balaban J connectivity index is 1.56. The van der Waals surface area contributed by atoms with Crippen LogP contribution in [-0.4, -0.2) is 23.4 Å². The lowest BCUT2D eigenvalue weighted by atomic mass is 9.93. The summed E-state index contributed by atoms with van der Waals surface area (Å²) in [6, 6.07) is 25.2. The lowest BCUT2D eigenvalue weighted by Gasteiger charge is -2.26. The topological polar surface area (TPSA) is 73.8 Å². The van der Waals surface area contributed by atoms with Gasteiger partial charge in [0.15, 0.2) is 4.80 Å². The Morgan fingerprint density at radius 3 is 2.56 bits per heavy atom. The van der Waals surface area contributed by atoms with Crippen molar-refractivity contribution in [2.24, 2.45) is 4.99 Å². The Bertz CT molecular complexity index is 2040. The number of carbonyl (C=O) groups excluding carboxylic acids is 1. The van der Waals surface area contributed by atoms with E-state index in [1.165, 1.54) is 11.3 Å². The maximum Gasteiger partial charge on any atom is 0.338 e. The van der Waals surface area contributed by atoms with Crippen LogP contribution in [0.25, 0.3) is 23.1 Å². The van der Waals surface area contributed by atoms with Crippen LogP contribution in [0.15, 0.2) is 110 Å². The van der Waals surface area contributed by atoms with Gasteiger partial charge in [-0.25, -0.2) is 9.79 Å². The molecular formula is C33H24Cl2N2O4S2. The van der Waals surface area contributed by atoms with Crippen molar-refractivity contribution in [1.29, 1.82) is 0 Å². The predicted molar refractivity (Wildman–Crippen MR) is 173 cm³/mol. The molecule has 0 saturated carbocycles. The van der Waals surface area contributed by atoms with Crippen molar-refractivity contribution in [1.82, 2.24) is 4.57 Å². The number of benzene rings is 3. The van der Waals surface area contributed by atoms with Crippen molar-refractivity contribution in [3.8, 4) is 11.3 Å². The van der Waals surface area contributed by atoms with Crippen molar-refractivity contribution < 1.29 is 13.9 Å². The van der Waals surface area contributed by atoms with Gasteiger partial charge in [0.25, 0.3) is 5.56 Å². The van der Waals surface area contributed by atoms with Gasteiger partial charge in [-0.05, 0) is 61.2 Å². The zero-order valence-corrected chi connectivity index (χ0v) is 26.2. The van der Waals surface area contributed by atoms with Crippen molar-refractivity contribution in [3.63, 3.8) is 0 Å². The first-order chi connectivity index (χ1) is 20.9. The Kier molecular flexibility index (Phi) is 8.45. The van der Waals surface area contributed by atoms with Gasteiger partial charge in [0.2, 0.25) is 0 Å². The van der Waals surface area contributed by atoms with E-state index in [-0.39, 0.29) is 12.2 Å². The van der Waals surface area contributed by atoms with Crippen LogP contribution in [0.5, 0.6) is 0 Å². The molecule has 216 valence electrons. The second kappa shape index (κ2) is 12.4. The van der Waals surface area contributed by atoms with Crippen LogP contribution >= 0.6 is 46.3 Å². The third-order valence-corrected chi connectivity index (χ3v) is 9.19. The highest BCUT2D eigenvalue weighted by Crippen LogP contribution is 2.36. The highest BCUT2D eigenvalue weighted by atomic mass is 35.5. The number of esters is 1. The standard InChI is InChI=1S/C33H24Cl2N2O4S2/c1-3-40-32(39)28-29(19-7-5-4-6-8-19)36-33-37(30(28)20-9-13-23(42-2)14-10-20)31(38)27(43-33)18-22-12-16-26(41-22)24-17-21(34)11-15-25(24)35/h4-18,30H,3H2,1-2H3/b27-18-. The van der Waals surface area contributed by atoms with E-state index in [0.29, 0.717) is 47.7 Å². The number of thiazole rings is 1. The number of carbonyl (C=O) groups is 1. The minimum Gasteiger partial charge on any atom is -0.463 e. The van der Waals surface area contributed by atoms with Crippen LogP contribution < -0.4 is 14.9 Å². The molecule has 0 bridgehead atoms. The molecule has 1 atom stereocenters. The number of hydrogen-bond acceptors (Lipinski definition) is 7. The molecule has 0 N–H and O–H groups in total. The fraction of sp³-hybridized carbons (Fsp3) is 0.121. The number of thioether (sulfide) groups is 1. The first-order valence-corrected chi connectivity index (χ1v) is 16.2. The summed E-state index contributed by atoms with van der Waals surface area (Å²) in [4.78, 5) is 34.1. The van der Waals surface area contributed by atoms with Gasteiger partial charge in [-0.15, -0.1) is 11.8 Å². The zero-order chi connectivity index (χ0) is 30.1. The number of furan rings is 1. The highest BCUT2D eigenvalue weighted by molar-refractivity contribution is 7.98. The minimum absolute atomic E-state index is 0.185. The predicted octanol–water partition coefficient (Wildman–Crippen LogP) is 7.22. The molecule has 6 rings (SSSR count). The van der Waals surface area contributed by atoms with Crippen molar-refractivity contribution in [2.45, 2.75) is 17.9 Å². The van der Waals surface area contributed by atoms with E-state index < -0.39 is 12.0 Å². The van der Waals surface area contributed by atoms with Gasteiger partial charge >= 0.3 is 5.97 Å². The molecule has 0 fully saturated rings. The van der Waals surface area contributed by atoms with Crippen molar-refractivity contribution >= 4 is 64.0 Å². The smallest absolute Gasteiger partial charge is 0.338 e. The number of ether oxygens (including phenoxy) is 1. The normalized spacial score (nSPS) is 14.9. The number of fused-ring (bicyclic) bond motifs is 1. The first kappa shape index (κ1) is 29.3. The fourth-order valence-electron chi connectivity index (χ4n) is 4.93. The van der Waals surface area contributed by atoms with E-state index in [1.54, 1.807) is 59.7 Å². The average Bonchev–Trinajstić information content (AvgIpc) is 3.62. The lowest BCUT2D eigenvalue weighted by molar-refractivity contribution is -0.138. The van der Waals surface area contributed by atoms with E-state index in [0.717, 1.165) is 16.0 Å². The zero-order valence-electron chi connectivity index (χ0n) is 23.0. The van der Waals surface area contributed by atoms with Gasteiger partial charge in [-0.3, -0.25) is 9.36 Å². The van der Waals surface area contributed by atoms with Crippen LogP contribution in [0.1, 0.15) is 29.9 Å². The number of nitrogens with zero attached hydrogens (tertiary/aromatic N) is 2. The van der Waals surface area contributed by atoms with E-state index in [2.05, 4.69) is 0 Å². The van der Waals surface area contributed by atoms with Crippen LogP contribution in [0.2, 0.25) is 10.0 Å². The summed E-state index contributed by atoms with van der Waals surface area (Å²) in [5, 5.41) is 1.03. The summed E-state index contributed by atoms with van der Waals surface area (Å²) in [6.45, 7) is 1.94. The number of hydrogen-bond donors (Lipinski definition) is 0. The molecule has 1 aliphatic heterocycles. The SMILES string of the molecule is CCOC(=O)C1=C(c2ccccc2)N=c2s/c(=C\c3ccc(-c4cc(Cl)ccc4Cl)o3)c(=O)n2C1c1ccc(SC)cc1. The van der Waals surface area contributed by atoms with Gasteiger partial charge in [-0.2, -0.15) is 0 Å². The van der Waals surface area contributed by atoms with E-state index in [4.69, 9.17) is 37.3 Å². The van der Waals surface area contributed by atoms with Crippen LogP contribution in [0, 0.1) is 0 Å². The third-order valence-electron chi connectivity index (χ3n) is 6.90. The molecule has 1 aliphatic rings. The Morgan fingerprint density at radius 2 is 1.84 bits per heavy atom. The molecule has 1 unspecified atom stereocenters. The summed E-state index contributed by atoms with van der Waals surface area (Å²) in [6.07, 6.45) is 3.67. The van der Waals surface area contributed by atoms with E-state index >= 15 is 0 Å². The second-order valence-electron chi connectivity index (χ2n) is 9.53. The van der Waals surface area contributed by atoms with E-state index in [1.807, 2.05) is 60.9 Å². The summed E-state index contributed by atoms with van der Waals surface area (Å²) < 4.78 is 13.6. The van der Waals surface area contributed by atoms with Crippen LogP contribution in [0.3, 0.4) is 0 Å². The summed E-state index contributed by atoms with van der Waals surface area (Å²) >= 11 is 15.4. The van der Waals surface area contributed by atoms with Crippen molar-refractivity contribution in [2.75, 3.05) is 12.9 Å². The fourth-order valence-corrected chi connectivity index (χ4v) is 6.70. The van der Waals surface area contributed by atoms with E-state index in [9.17, 15) is 9.59 Å². The van der Waals surface area contributed by atoms with Gasteiger partial charge in [0.1, 0.15) is 11.5 Å². The maximum absolute atomic E-state index is 14.1. The molecule has 43 heavy (non-hydrogen) atoms. The van der Waals surface area contributed by atoms with Crippen LogP contribution in [-0.2, 0) is 9.53 Å². The molecule has 0 amide bonds. The quantitative estimate of drug-likeness (QED) is 0.138. The monoisotopic (exact) mass is 646 g/mol. The van der Waals surface area contributed by atoms with Crippen LogP contribution in [0.4, 0.5) is 0 Å². The third kappa shape index (κ3) is 5.76. The number of rotatable bonds is 7. The molecule has 3 heterocycles. The lowest BCUT2D eigenvalue weighted by Crippen LogP contribution is -2.40. The Labute approximate surface area is 265 Å². The molecule has 0 spiro atoms. The molecule has 2 aromatic heterocycles. The molecule has 5 aromatic rings. The molecule has 0 aliphatic carbocycles. The van der Waals surface area contributed by atoms with Gasteiger partial charge < -0.3 is 9.15 Å². The number of halogens is 2. The molecule has 0 saturated heterocycles. The first-order valence-electron chi connectivity index (χ1n) is 13.4. The summed E-state index contributed by atoms with van der Waals surface area (Å²) in [7, 11) is 0.